The molecule has 2 unspecified atom stereocenters. The number of nitrogens with zero attached hydrogens (tertiary/aromatic N) is 2. The van der Waals surface area contributed by atoms with E-state index in [0.717, 1.165) is 28.8 Å². The molecular formula is C19H27N3O. The number of carbonyl (C=O) groups is 1. The predicted molar refractivity (Wildman–Crippen MR) is 93.6 cm³/mol. The highest BCUT2D eigenvalue weighted by Crippen LogP contribution is 2.30. The lowest BCUT2D eigenvalue weighted by molar-refractivity contribution is 0.0926. The van der Waals surface area contributed by atoms with E-state index in [1.54, 1.807) is 0 Å². The van der Waals surface area contributed by atoms with Gasteiger partial charge in [-0.3, -0.25) is 4.79 Å². The van der Waals surface area contributed by atoms with Crippen LogP contribution in [0.25, 0.3) is 11.0 Å². The number of hydrogen-bond donors (Lipinski definition) is 1. The van der Waals surface area contributed by atoms with Gasteiger partial charge in [-0.25, -0.2) is 4.98 Å². The minimum absolute atomic E-state index is 0.0450. The molecule has 1 heterocycles. The first kappa shape index (κ1) is 16.0. The van der Waals surface area contributed by atoms with Crippen LogP contribution in [0.1, 0.15) is 61.6 Å². The summed E-state index contributed by atoms with van der Waals surface area (Å²) >= 11 is 0. The van der Waals surface area contributed by atoms with E-state index in [2.05, 4.69) is 21.8 Å². The summed E-state index contributed by atoms with van der Waals surface area (Å²) in [5.74, 6) is 1.66. The van der Waals surface area contributed by atoms with Gasteiger partial charge in [-0.1, -0.05) is 26.2 Å². The monoisotopic (exact) mass is 313 g/mol. The van der Waals surface area contributed by atoms with E-state index in [1.165, 1.54) is 32.1 Å². The number of aromatic nitrogens is 2. The van der Waals surface area contributed by atoms with Gasteiger partial charge in [-0.15, -0.1) is 0 Å². The van der Waals surface area contributed by atoms with E-state index in [0.29, 0.717) is 12.0 Å². The molecule has 1 amide bonds. The molecule has 0 radical (unpaired) electrons. The van der Waals surface area contributed by atoms with Crippen molar-refractivity contribution in [1.29, 1.82) is 0 Å². The van der Waals surface area contributed by atoms with Crippen LogP contribution in [0.5, 0.6) is 0 Å². The van der Waals surface area contributed by atoms with Crippen molar-refractivity contribution in [1.82, 2.24) is 14.9 Å². The summed E-state index contributed by atoms with van der Waals surface area (Å²) in [7, 11) is 2.00. The molecular weight excluding hydrogens is 286 g/mol. The topological polar surface area (TPSA) is 46.9 Å². The van der Waals surface area contributed by atoms with Crippen molar-refractivity contribution in [2.24, 2.45) is 13.0 Å². The van der Waals surface area contributed by atoms with Crippen LogP contribution in [-0.2, 0) is 7.05 Å². The summed E-state index contributed by atoms with van der Waals surface area (Å²) < 4.78 is 2.05. The highest BCUT2D eigenvalue weighted by atomic mass is 16.1. The molecule has 124 valence electrons. The maximum absolute atomic E-state index is 12.6. The molecule has 0 spiro atoms. The van der Waals surface area contributed by atoms with Gasteiger partial charge in [-0.05, 0) is 50.3 Å². The Morgan fingerprint density at radius 2 is 2.22 bits per heavy atom. The van der Waals surface area contributed by atoms with Crippen molar-refractivity contribution in [3.8, 4) is 0 Å². The average Bonchev–Trinajstić information content (AvgIpc) is 3.09. The fraction of sp³-hybridized carbons (Fsp3) is 0.579. The Kier molecular flexibility index (Phi) is 4.69. The summed E-state index contributed by atoms with van der Waals surface area (Å²) in [6, 6.07) is 6.16. The third-order valence-corrected chi connectivity index (χ3v) is 5.27. The summed E-state index contributed by atoms with van der Waals surface area (Å²) in [5.41, 5.74) is 2.68. The standard InChI is InChI=1S/C19H27N3O/c1-4-5-7-14-8-6-9-16(14)21-19(23)15-10-11-18-17(12-15)20-13(2)22(18)3/h10-12,14,16H,4-9H2,1-3H3,(H,21,23). The molecule has 1 aromatic carbocycles. The lowest BCUT2D eigenvalue weighted by atomic mass is 9.96. The molecule has 3 rings (SSSR count). The number of amides is 1. The van der Waals surface area contributed by atoms with E-state index < -0.39 is 0 Å². The molecule has 0 aliphatic heterocycles. The highest BCUT2D eigenvalue weighted by molar-refractivity contribution is 5.97. The van der Waals surface area contributed by atoms with Crippen LogP contribution >= 0.6 is 0 Å². The number of benzene rings is 1. The minimum atomic E-state index is 0.0450. The van der Waals surface area contributed by atoms with Crippen LogP contribution in [0, 0.1) is 12.8 Å². The van der Waals surface area contributed by atoms with Gasteiger partial charge in [0.1, 0.15) is 5.82 Å². The molecule has 23 heavy (non-hydrogen) atoms. The summed E-state index contributed by atoms with van der Waals surface area (Å²) in [4.78, 5) is 17.1. The molecule has 1 saturated carbocycles. The van der Waals surface area contributed by atoms with Crippen LogP contribution in [-0.4, -0.2) is 21.5 Å². The van der Waals surface area contributed by atoms with Crippen LogP contribution < -0.4 is 5.32 Å². The molecule has 1 N–H and O–H groups in total. The largest absolute Gasteiger partial charge is 0.349 e. The number of rotatable bonds is 5. The Balaban J connectivity index is 1.72. The number of fused-ring (bicyclic) bond motifs is 1. The van der Waals surface area contributed by atoms with Crippen molar-refractivity contribution in [3.63, 3.8) is 0 Å². The molecule has 1 aliphatic carbocycles. The van der Waals surface area contributed by atoms with Crippen molar-refractivity contribution in [3.05, 3.63) is 29.6 Å². The van der Waals surface area contributed by atoms with E-state index in [9.17, 15) is 4.79 Å². The van der Waals surface area contributed by atoms with Gasteiger partial charge in [-0.2, -0.15) is 0 Å². The molecule has 0 saturated heterocycles. The van der Waals surface area contributed by atoms with Gasteiger partial charge in [0, 0.05) is 18.7 Å². The van der Waals surface area contributed by atoms with Gasteiger partial charge >= 0.3 is 0 Å². The van der Waals surface area contributed by atoms with Crippen molar-refractivity contribution < 1.29 is 4.79 Å². The minimum Gasteiger partial charge on any atom is -0.349 e. The second kappa shape index (κ2) is 6.73. The lowest BCUT2D eigenvalue weighted by Gasteiger charge is -2.21. The zero-order valence-corrected chi connectivity index (χ0v) is 14.4. The van der Waals surface area contributed by atoms with Gasteiger partial charge in [0.25, 0.3) is 5.91 Å². The van der Waals surface area contributed by atoms with Crippen molar-refractivity contribution in [2.45, 2.75) is 58.4 Å². The first-order chi connectivity index (χ1) is 11.1. The van der Waals surface area contributed by atoms with E-state index in [-0.39, 0.29) is 5.91 Å². The Labute approximate surface area is 138 Å². The summed E-state index contributed by atoms with van der Waals surface area (Å²) in [6.45, 7) is 4.21. The predicted octanol–water partition coefficient (Wildman–Crippen LogP) is 3.97. The Bertz CT molecular complexity index is 704. The molecule has 1 aliphatic rings. The second-order valence-electron chi connectivity index (χ2n) is 6.83. The van der Waals surface area contributed by atoms with Crippen LogP contribution in [0.4, 0.5) is 0 Å². The van der Waals surface area contributed by atoms with Gasteiger partial charge < -0.3 is 9.88 Å². The molecule has 1 aromatic heterocycles. The smallest absolute Gasteiger partial charge is 0.251 e. The Morgan fingerprint density at radius 3 is 3.00 bits per heavy atom. The normalized spacial score (nSPS) is 21.0. The lowest BCUT2D eigenvalue weighted by Crippen LogP contribution is -2.37. The van der Waals surface area contributed by atoms with Gasteiger partial charge in [0.15, 0.2) is 0 Å². The molecule has 0 bridgehead atoms. The number of hydrogen-bond acceptors (Lipinski definition) is 2. The first-order valence-corrected chi connectivity index (χ1v) is 8.84. The third kappa shape index (κ3) is 3.26. The number of aryl methyl sites for hydroxylation is 2. The second-order valence-corrected chi connectivity index (χ2v) is 6.83. The SMILES string of the molecule is CCCCC1CCCC1NC(=O)c1ccc2c(c1)nc(C)n2C. The third-order valence-electron chi connectivity index (χ3n) is 5.27. The number of nitrogens with one attached hydrogen (secondary N) is 1. The van der Waals surface area contributed by atoms with Crippen LogP contribution in [0.15, 0.2) is 18.2 Å². The van der Waals surface area contributed by atoms with Crippen molar-refractivity contribution in [2.75, 3.05) is 0 Å². The fourth-order valence-electron chi connectivity index (χ4n) is 3.75. The Hall–Kier alpha value is -1.84. The van der Waals surface area contributed by atoms with Crippen LogP contribution in [0.2, 0.25) is 0 Å². The van der Waals surface area contributed by atoms with Crippen molar-refractivity contribution >= 4 is 16.9 Å². The first-order valence-electron chi connectivity index (χ1n) is 8.84. The highest BCUT2D eigenvalue weighted by Gasteiger charge is 2.28. The number of imidazole rings is 1. The molecule has 2 aromatic rings. The van der Waals surface area contributed by atoms with Gasteiger partial charge in [0.05, 0.1) is 11.0 Å². The Morgan fingerprint density at radius 1 is 1.39 bits per heavy atom. The molecule has 4 heteroatoms. The molecule has 1 fully saturated rings. The maximum atomic E-state index is 12.6. The number of carbonyl (C=O) groups excluding carboxylic acids is 1. The van der Waals surface area contributed by atoms with E-state index >= 15 is 0 Å². The van der Waals surface area contributed by atoms with Crippen LogP contribution in [0.3, 0.4) is 0 Å². The zero-order chi connectivity index (χ0) is 16.4. The number of unbranched alkanes of at least 4 members (excludes halogenated alkanes) is 1. The maximum Gasteiger partial charge on any atom is 0.251 e. The average molecular weight is 313 g/mol. The van der Waals surface area contributed by atoms with Gasteiger partial charge in [0.2, 0.25) is 0 Å². The quantitative estimate of drug-likeness (QED) is 0.908. The fourth-order valence-corrected chi connectivity index (χ4v) is 3.75. The molecule has 2 atom stereocenters. The summed E-state index contributed by atoms with van der Waals surface area (Å²) in [5, 5.41) is 3.27. The van der Waals surface area contributed by atoms with E-state index in [1.807, 2.05) is 32.2 Å². The summed E-state index contributed by atoms with van der Waals surface area (Å²) in [6.07, 6.45) is 7.33. The zero-order valence-electron chi connectivity index (χ0n) is 14.4. The molecule has 4 nitrogen and oxygen atoms in total. The van der Waals surface area contributed by atoms with E-state index in [4.69, 9.17) is 0 Å².